The van der Waals surface area contributed by atoms with Crippen LogP contribution in [0.15, 0.2) is 91.5 Å². The zero-order valence-electron chi connectivity index (χ0n) is 22.9. The molecule has 0 spiro atoms. The first kappa shape index (κ1) is 28.9. The van der Waals surface area contributed by atoms with Crippen molar-refractivity contribution in [2.45, 2.75) is 19.8 Å². The topological polar surface area (TPSA) is 97.4 Å². The zero-order valence-corrected chi connectivity index (χ0v) is 22.9. The van der Waals surface area contributed by atoms with Gasteiger partial charge in [-0.15, -0.1) is 0 Å². The molecular weight excluding hydrogens is 524 g/mol. The lowest BCUT2D eigenvalue weighted by Crippen LogP contribution is -2.11. The Bertz CT molecular complexity index is 1560. The molecule has 8 nitrogen and oxygen atoms in total. The van der Waals surface area contributed by atoms with Gasteiger partial charge in [-0.3, -0.25) is 0 Å². The smallest absolute Gasteiger partial charge is 0.343 e. The van der Waals surface area contributed by atoms with Gasteiger partial charge in [0.05, 0.1) is 31.5 Å². The van der Waals surface area contributed by atoms with Crippen molar-refractivity contribution in [1.82, 2.24) is 0 Å². The number of esters is 3. The van der Waals surface area contributed by atoms with Gasteiger partial charge in [0, 0.05) is 12.5 Å². The molecule has 0 aliphatic rings. The van der Waals surface area contributed by atoms with Crippen molar-refractivity contribution in [3.63, 3.8) is 0 Å². The van der Waals surface area contributed by atoms with E-state index in [2.05, 4.69) is 6.58 Å². The summed E-state index contributed by atoms with van der Waals surface area (Å²) in [5, 5.41) is 1.70. The molecule has 0 N–H and O–H groups in total. The van der Waals surface area contributed by atoms with Gasteiger partial charge in [-0.05, 0) is 77.4 Å². The van der Waals surface area contributed by atoms with E-state index in [0.29, 0.717) is 30.1 Å². The Morgan fingerprint density at radius 1 is 0.732 bits per heavy atom. The second kappa shape index (κ2) is 13.8. The van der Waals surface area contributed by atoms with Crippen LogP contribution >= 0.6 is 0 Å². The number of hydrogen-bond donors (Lipinski definition) is 0. The minimum absolute atomic E-state index is 0.170. The van der Waals surface area contributed by atoms with Gasteiger partial charge >= 0.3 is 17.9 Å². The minimum atomic E-state index is -0.578. The van der Waals surface area contributed by atoms with Gasteiger partial charge in [-0.25, -0.2) is 14.4 Å². The van der Waals surface area contributed by atoms with E-state index in [4.69, 9.17) is 23.7 Å². The predicted octanol–water partition coefficient (Wildman–Crippen LogP) is 6.35. The molecule has 8 heteroatoms. The molecule has 0 amide bonds. The number of hydrogen-bond acceptors (Lipinski definition) is 8. The van der Waals surface area contributed by atoms with Gasteiger partial charge in [0.1, 0.15) is 11.5 Å². The maximum atomic E-state index is 12.9. The fourth-order valence-corrected chi connectivity index (χ4v) is 3.92. The number of carbonyl (C=O) groups excluding carboxylic acids is 3. The minimum Gasteiger partial charge on any atom is -0.493 e. The number of carbonyl (C=O) groups is 3. The molecule has 0 aromatic heterocycles. The summed E-state index contributed by atoms with van der Waals surface area (Å²) >= 11 is 0. The Balaban J connectivity index is 1.38. The van der Waals surface area contributed by atoms with Crippen molar-refractivity contribution >= 4 is 28.7 Å². The highest BCUT2D eigenvalue weighted by Crippen LogP contribution is 2.30. The van der Waals surface area contributed by atoms with Crippen LogP contribution in [0, 0.1) is 0 Å². The van der Waals surface area contributed by atoms with Gasteiger partial charge < -0.3 is 23.7 Å². The second-order valence-corrected chi connectivity index (χ2v) is 8.94. The standard InChI is InChI=1S/C33H30O8/c1-4-22-7-13-27(14-8-22)40-32(35)26-12-16-29(30(21-26)37-3)41-33(36)25-10-9-24-20-28(15-11-23(24)19-25)38-17-6-18-39-31(34)5-2/h5,7-16,19-21H,2,4,6,17-18H2,1,3H3. The van der Waals surface area contributed by atoms with Crippen molar-refractivity contribution in [2.24, 2.45) is 0 Å². The lowest BCUT2D eigenvalue weighted by atomic mass is 10.1. The summed E-state index contributed by atoms with van der Waals surface area (Å²) in [5.41, 5.74) is 1.74. The van der Waals surface area contributed by atoms with Gasteiger partial charge in [0.25, 0.3) is 0 Å². The highest BCUT2D eigenvalue weighted by Gasteiger charge is 2.17. The highest BCUT2D eigenvalue weighted by atomic mass is 16.6. The monoisotopic (exact) mass is 554 g/mol. The molecule has 0 aliphatic heterocycles. The summed E-state index contributed by atoms with van der Waals surface area (Å²) in [6, 6.07) is 22.5. The molecule has 0 radical (unpaired) electrons. The fraction of sp³-hybridized carbons (Fsp3) is 0.182. The number of ether oxygens (including phenoxy) is 5. The number of aryl methyl sites for hydroxylation is 1. The molecule has 0 unspecified atom stereocenters. The fourth-order valence-electron chi connectivity index (χ4n) is 3.92. The second-order valence-electron chi connectivity index (χ2n) is 8.94. The van der Waals surface area contributed by atoms with Crippen molar-refractivity contribution in [3.8, 4) is 23.0 Å². The van der Waals surface area contributed by atoms with E-state index in [1.807, 2.05) is 31.2 Å². The van der Waals surface area contributed by atoms with Crippen LogP contribution in [0.2, 0.25) is 0 Å². The van der Waals surface area contributed by atoms with Crippen molar-refractivity contribution < 1.29 is 38.1 Å². The van der Waals surface area contributed by atoms with E-state index in [1.165, 1.54) is 25.3 Å². The van der Waals surface area contributed by atoms with Crippen molar-refractivity contribution in [2.75, 3.05) is 20.3 Å². The van der Waals surface area contributed by atoms with E-state index in [0.717, 1.165) is 28.8 Å². The van der Waals surface area contributed by atoms with Gasteiger partial charge in [0.2, 0.25) is 0 Å². The predicted molar refractivity (Wildman–Crippen MR) is 154 cm³/mol. The molecule has 0 aliphatic carbocycles. The average molecular weight is 555 g/mol. The van der Waals surface area contributed by atoms with Gasteiger partial charge in [-0.2, -0.15) is 0 Å². The third-order valence-electron chi connectivity index (χ3n) is 6.16. The van der Waals surface area contributed by atoms with Crippen LogP contribution < -0.4 is 18.9 Å². The zero-order chi connectivity index (χ0) is 29.2. The van der Waals surface area contributed by atoms with Crippen LogP contribution in [0.1, 0.15) is 39.6 Å². The third-order valence-corrected chi connectivity index (χ3v) is 6.16. The molecule has 4 aromatic rings. The summed E-state index contributed by atoms with van der Waals surface area (Å²) in [6.07, 6.45) is 2.55. The maximum absolute atomic E-state index is 12.9. The van der Waals surface area contributed by atoms with E-state index < -0.39 is 17.9 Å². The van der Waals surface area contributed by atoms with Crippen molar-refractivity contribution in [3.05, 3.63) is 108 Å². The first-order valence-electron chi connectivity index (χ1n) is 13.1. The first-order valence-corrected chi connectivity index (χ1v) is 13.1. The van der Waals surface area contributed by atoms with E-state index in [1.54, 1.807) is 36.4 Å². The lowest BCUT2D eigenvalue weighted by molar-refractivity contribution is -0.137. The van der Waals surface area contributed by atoms with E-state index in [-0.39, 0.29) is 23.7 Å². The largest absolute Gasteiger partial charge is 0.493 e. The van der Waals surface area contributed by atoms with E-state index in [9.17, 15) is 14.4 Å². The van der Waals surface area contributed by atoms with Gasteiger partial charge in [-0.1, -0.05) is 37.8 Å². The molecule has 4 aromatic carbocycles. The SMILES string of the molecule is C=CC(=O)OCCCOc1ccc2cc(C(=O)Oc3ccc(C(=O)Oc4ccc(CC)cc4)cc3OC)ccc2c1. The molecule has 4 rings (SSSR count). The van der Waals surface area contributed by atoms with Crippen LogP contribution in [0.3, 0.4) is 0 Å². The Labute approximate surface area is 238 Å². The van der Waals surface area contributed by atoms with Crippen LogP contribution in [0.25, 0.3) is 10.8 Å². The number of methoxy groups -OCH3 is 1. The molecule has 0 heterocycles. The van der Waals surface area contributed by atoms with Crippen LogP contribution in [0.4, 0.5) is 0 Å². The molecule has 210 valence electrons. The molecular formula is C33H30O8. The quantitative estimate of drug-likeness (QED) is 0.0865. The maximum Gasteiger partial charge on any atom is 0.343 e. The van der Waals surface area contributed by atoms with Crippen LogP contribution in [0.5, 0.6) is 23.0 Å². The van der Waals surface area contributed by atoms with Crippen LogP contribution in [-0.4, -0.2) is 38.2 Å². The number of fused-ring (bicyclic) bond motifs is 1. The molecule has 0 saturated heterocycles. The summed E-state index contributed by atoms with van der Waals surface area (Å²) in [6.45, 7) is 6.02. The highest BCUT2D eigenvalue weighted by molar-refractivity contribution is 5.97. The molecule has 41 heavy (non-hydrogen) atoms. The Morgan fingerprint density at radius 3 is 2.12 bits per heavy atom. The summed E-state index contributed by atoms with van der Waals surface area (Å²) < 4.78 is 27.1. The molecule has 0 atom stereocenters. The average Bonchev–Trinajstić information content (AvgIpc) is 3.00. The van der Waals surface area contributed by atoms with Crippen LogP contribution in [-0.2, 0) is 16.0 Å². The van der Waals surface area contributed by atoms with E-state index >= 15 is 0 Å². The summed E-state index contributed by atoms with van der Waals surface area (Å²) in [4.78, 5) is 36.7. The Kier molecular flexibility index (Phi) is 9.72. The van der Waals surface area contributed by atoms with Crippen molar-refractivity contribution in [1.29, 1.82) is 0 Å². The Hall–Kier alpha value is -5.11. The summed E-state index contributed by atoms with van der Waals surface area (Å²) in [7, 11) is 1.43. The third kappa shape index (κ3) is 7.73. The number of rotatable bonds is 12. The first-order chi connectivity index (χ1) is 19.9. The Morgan fingerprint density at radius 2 is 1.39 bits per heavy atom. The number of benzene rings is 4. The molecule has 0 saturated carbocycles. The molecule has 0 bridgehead atoms. The van der Waals surface area contributed by atoms with Gasteiger partial charge in [0.15, 0.2) is 11.5 Å². The normalized spacial score (nSPS) is 10.5. The molecule has 0 fully saturated rings. The lowest BCUT2D eigenvalue weighted by Gasteiger charge is -2.12. The summed E-state index contributed by atoms with van der Waals surface area (Å²) in [5.74, 6) is -0.118.